The quantitative estimate of drug-likeness (QED) is 0.558. The lowest BCUT2D eigenvalue weighted by Gasteiger charge is -2.13. The Bertz CT molecular complexity index is 987. The van der Waals surface area contributed by atoms with Crippen LogP contribution in [0.2, 0.25) is 0 Å². The highest BCUT2D eigenvalue weighted by Crippen LogP contribution is 2.41. The van der Waals surface area contributed by atoms with Crippen LogP contribution in [-0.4, -0.2) is 33.0 Å². The molecule has 1 atom stereocenters. The molecule has 0 bridgehead atoms. The summed E-state index contributed by atoms with van der Waals surface area (Å²) in [5.74, 6) is 0.671. The molecule has 150 valence electrons. The van der Waals surface area contributed by atoms with Crippen LogP contribution in [0.25, 0.3) is 11.4 Å². The van der Waals surface area contributed by atoms with E-state index in [4.69, 9.17) is 0 Å². The lowest BCUT2D eigenvalue weighted by Crippen LogP contribution is -2.29. The Hall–Kier alpha value is -2.67. The molecule has 1 saturated carbocycles. The maximum Gasteiger partial charge on any atom is 0.230 e. The van der Waals surface area contributed by atoms with Crippen molar-refractivity contribution in [2.45, 2.75) is 36.9 Å². The van der Waals surface area contributed by atoms with E-state index in [0.29, 0.717) is 23.1 Å². The van der Waals surface area contributed by atoms with Gasteiger partial charge in [-0.1, -0.05) is 61.2 Å². The van der Waals surface area contributed by atoms with Crippen LogP contribution < -0.4 is 5.32 Å². The molecule has 1 aliphatic rings. The number of benzene rings is 2. The Balaban J connectivity index is 1.39. The molecule has 0 aliphatic heterocycles. The first-order valence-corrected chi connectivity index (χ1v) is 10.8. The second-order valence-electron chi connectivity index (χ2n) is 7.29. The van der Waals surface area contributed by atoms with Crippen molar-refractivity contribution in [1.82, 2.24) is 20.1 Å². The van der Waals surface area contributed by atoms with Crippen molar-refractivity contribution in [3.05, 3.63) is 66.0 Å². The molecule has 1 fully saturated rings. The van der Waals surface area contributed by atoms with Crippen molar-refractivity contribution in [2.75, 3.05) is 12.3 Å². The van der Waals surface area contributed by atoms with E-state index < -0.39 is 0 Å². The van der Waals surface area contributed by atoms with Gasteiger partial charge in [0.15, 0.2) is 11.0 Å². The topological polar surface area (TPSA) is 59.8 Å². The third kappa shape index (κ3) is 4.67. The standard InChI is InChI=1S/C22H23FN4OS/c1-15(16-7-3-2-4-8-16)13-24-20(28)14-29-22-26-25-21(27(22)17-11-12-17)18-9-5-6-10-19(18)23/h2-10,15,17H,11-14H2,1H3,(H,24,28)/t15-/m0/s1. The Kier molecular flexibility index (Phi) is 5.94. The number of rotatable bonds is 8. The van der Waals surface area contributed by atoms with Crippen LogP contribution in [0, 0.1) is 5.82 Å². The van der Waals surface area contributed by atoms with Crippen molar-refractivity contribution >= 4 is 17.7 Å². The van der Waals surface area contributed by atoms with Crippen LogP contribution in [0.15, 0.2) is 59.8 Å². The average Bonchev–Trinajstić information content (AvgIpc) is 3.50. The minimum absolute atomic E-state index is 0.0458. The van der Waals surface area contributed by atoms with E-state index in [0.717, 1.165) is 12.8 Å². The van der Waals surface area contributed by atoms with Crippen molar-refractivity contribution in [3.63, 3.8) is 0 Å². The lowest BCUT2D eigenvalue weighted by molar-refractivity contribution is -0.118. The molecule has 1 N–H and O–H groups in total. The summed E-state index contributed by atoms with van der Waals surface area (Å²) < 4.78 is 16.2. The number of hydrogen-bond acceptors (Lipinski definition) is 4. The highest BCUT2D eigenvalue weighted by atomic mass is 32.2. The second-order valence-corrected chi connectivity index (χ2v) is 8.23. The number of carbonyl (C=O) groups is 1. The van der Waals surface area contributed by atoms with E-state index in [1.165, 1.54) is 23.4 Å². The van der Waals surface area contributed by atoms with Crippen LogP contribution >= 0.6 is 11.8 Å². The number of amides is 1. The monoisotopic (exact) mass is 410 g/mol. The Morgan fingerprint density at radius 3 is 2.62 bits per heavy atom. The molecular formula is C22H23FN4OS. The Morgan fingerprint density at radius 1 is 1.17 bits per heavy atom. The van der Waals surface area contributed by atoms with Gasteiger partial charge in [-0.05, 0) is 36.5 Å². The van der Waals surface area contributed by atoms with E-state index in [1.807, 2.05) is 22.8 Å². The fraction of sp³-hybridized carbons (Fsp3) is 0.318. The zero-order valence-corrected chi connectivity index (χ0v) is 17.0. The van der Waals surface area contributed by atoms with E-state index >= 15 is 0 Å². The van der Waals surface area contributed by atoms with Crippen LogP contribution in [0.3, 0.4) is 0 Å². The van der Waals surface area contributed by atoms with Gasteiger partial charge in [0.1, 0.15) is 5.82 Å². The fourth-order valence-corrected chi connectivity index (χ4v) is 4.05. The smallest absolute Gasteiger partial charge is 0.230 e. The largest absolute Gasteiger partial charge is 0.355 e. The Labute approximate surface area is 173 Å². The number of nitrogens with zero attached hydrogens (tertiary/aromatic N) is 3. The summed E-state index contributed by atoms with van der Waals surface area (Å²) in [4.78, 5) is 12.3. The first kappa shape index (κ1) is 19.6. The zero-order valence-electron chi connectivity index (χ0n) is 16.2. The predicted octanol–water partition coefficient (Wildman–Crippen LogP) is 4.43. The van der Waals surface area contributed by atoms with Crippen molar-refractivity contribution in [3.8, 4) is 11.4 Å². The zero-order chi connectivity index (χ0) is 20.2. The lowest BCUT2D eigenvalue weighted by atomic mass is 10.0. The summed E-state index contributed by atoms with van der Waals surface area (Å²) >= 11 is 1.35. The maximum absolute atomic E-state index is 14.2. The van der Waals surface area contributed by atoms with Gasteiger partial charge < -0.3 is 5.32 Å². The minimum Gasteiger partial charge on any atom is -0.355 e. The molecule has 7 heteroatoms. The van der Waals surface area contributed by atoms with Gasteiger partial charge in [0, 0.05) is 12.6 Å². The summed E-state index contributed by atoms with van der Waals surface area (Å²) in [5.41, 5.74) is 1.64. The Morgan fingerprint density at radius 2 is 1.90 bits per heavy atom. The van der Waals surface area contributed by atoms with Crippen LogP contribution in [0.1, 0.15) is 37.3 Å². The summed E-state index contributed by atoms with van der Waals surface area (Å²) in [6.07, 6.45) is 2.04. The molecule has 5 nitrogen and oxygen atoms in total. The van der Waals surface area contributed by atoms with E-state index in [1.54, 1.807) is 18.2 Å². The predicted molar refractivity (Wildman–Crippen MR) is 112 cm³/mol. The number of hydrogen-bond donors (Lipinski definition) is 1. The van der Waals surface area contributed by atoms with Crippen LogP contribution in [0.4, 0.5) is 4.39 Å². The normalized spacial score (nSPS) is 14.6. The maximum atomic E-state index is 14.2. The fourth-order valence-electron chi connectivity index (χ4n) is 3.21. The third-order valence-electron chi connectivity index (χ3n) is 5.00. The van der Waals surface area contributed by atoms with Gasteiger partial charge in [0.2, 0.25) is 5.91 Å². The number of thioether (sulfide) groups is 1. The number of halogens is 1. The molecule has 1 amide bonds. The number of carbonyl (C=O) groups excluding carboxylic acids is 1. The van der Waals surface area contributed by atoms with Gasteiger partial charge in [-0.3, -0.25) is 9.36 Å². The molecule has 0 unspecified atom stereocenters. The molecule has 0 saturated heterocycles. The molecule has 0 radical (unpaired) electrons. The van der Waals surface area contributed by atoms with Gasteiger partial charge >= 0.3 is 0 Å². The van der Waals surface area contributed by atoms with E-state index in [9.17, 15) is 9.18 Å². The first-order chi connectivity index (χ1) is 14.1. The molecule has 4 rings (SSSR count). The van der Waals surface area contributed by atoms with Gasteiger partial charge in [-0.25, -0.2) is 4.39 Å². The molecule has 1 aromatic heterocycles. The SMILES string of the molecule is C[C@@H](CNC(=O)CSc1nnc(-c2ccccc2F)n1C1CC1)c1ccccc1. The van der Waals surface area contributed by atoms with E-state index in [2.05, 4.69) is 34.6 Å². The molecular weight excluding hydrogens is 387 g/mol. The molecule has 29 heavy (non-hydrogen) atoms. The van der Waals surface area contributed by atoms with E-state index in [-0.39, 0.29) is 29.4 Å². The minimum atomic E-state index is -0.314. The highest BCUT2D eigenvalue weighted by molar-refractivity contribution is 7.99. The molecule has 1 heterocycles. The summed E-state index contributed by atoms with van der Waals surface area (Å²) in [5, 5.41) is 12.1. The summed E-state index contributed by atoms with van der Waals surface area (Å²) in [6, 6.07) is 17.0. The highest BCUT2D eigenvalue weighted by Gasteiger charge is 2.31. The number of aromatic nitrogens is 3. The summed E-state index contributed by atoms with van der Waals surface area (Å²) in [7, 11) is 0. The molecule has 0 spiro atoms. The van der Waals surface area contributed by atoms with Crippen LogP contribution in [0.5, 0.6) is 0 Å². The van der Waals surface area contributed by atoms with Gasteiger partial charge in [-0.15, -0.1) is 10.2 Å². The molecule has 1 aliphatic carbocycles. The first-order valence-electron chi connectivity index (χ1n) is 9.77. The van der Waals surface area contributed by atoms with Gasteiger partial charge in [0.05, 0.1) is 11.3 Å². The second kappa shape index (κ2) is 8.78. The third-order valence-corrected chi connectivity index (χ3v) is 5.94. The number of nitrogens with one attached hydrogen (secondary N) is 1. The summed E-state index contributed by atoms with van der Waals surface area (Å²) in [6.45, 7) is 2.67. The van der Waals surface area contributed by atoms with Crippen molar-refractivity contribution in [1.29, 1.82) is 0 Å². The van der Waals surface area contributed by atoms with Crippen molar-refractivity contribution < 1.29 is 9.18 Å². The van der Waals surface area contributed by atoms with Crippen LogP contribution in [-0.2, 0) is 4.79 Å². The van der Waals surface area contributed by atoms with Gasteiger partial charge in [0.25, 0.3) is 0 Å². The van der Waals surface area contributed by atoms with Gasteiger partial charge in [-0.2, -0.15) is 0 Å². The average molecular weight is 411 g/mol. The van der Waals surface area contributed by atoms with Crippen molar-refractivity contribution in [2.24, 2.45) is 0 Å². The molecule has 3 aromatic rings. The molecule has 2 aromatic carbocycles.